The average molecular weight is 280 g/mol. The highest BCUT2D eigenvalue weighted by molar-refractivity contribution is 5.86. The van der Waals surface area contributed by atoms with Gasteiger partial charge in [0.25, 0.3) is 0 Å². The van der Waals surface area contributed by atoms with Gasteiger partial charge in [0.1, 0.15) is 6.04 Å². The van der Waals surface area contributed by atoms with Gasteiger partial charge in [-0.1, -0.05) is 26.7 Å². The van der Waals surface area contributed by atoms with Crippen LogP contribution in [0.3, 0.4) is 0 Å². The molecule has 0 aliphatic carbocycles. The molecule has 0 saturated heterocycles. The van der Waals surface area contributed by atoms with Gasteiger partial charge >= 0.3 is 0 Å². The summed E-state index contributed by atoms with van der Waals surface area (Å²) in [6, 6.07) is -0.563. The van der Waals surface area contributed by atoms with Crippen molar-refractivity contribution in [3.8, 4) is 0 Å². The zero-order valence-corrected chi connectivity index (χ0v) is 12.1. The maximum atomic E-state index is 11.6. The lowest BCUT2D eigenvalue weighted by Gasteiger charge is -2.18. The molecule has 0 spiro atoms. The summed E-state index contributed by atoms with van der Waals surface area (Å²) < 4.78 is 0. The van der Waals surface area contributed by atoms with E-state index in [9.17, 15) is 9.59 Å². The number of rotatable bonds is 9. The van der Waals surface area contributed by atoms with Crippen LogP contribution in [0.4, 0.5) is 0 Å². The van der Waals surface area contributed by atoms with Crippen molar-refractivity contribution in [2.24, 2.45) is 17.4 Å². The molecule has 18 heavy (non-hydrogen) atoms. The van der Waals surface area contributed by atoms with Gasteiger partial charge in [-0.05, 0) is 25.3 Å². The molecule has 0 saturated carbocycles. The Labute approximate surface area is 115 Å². The highest BCUT2D eigenvalue weighted by Gasteiger charge is 2.20. The van der Waals surface area contributed by atoms with Crippen molar-refractivity contribution in [1.82, 2.24) is 5.32 Å². The number of primary amides is 1. The van der Waals surface area contributed by atoms with Crippen LogP contribution in [-0.4, -0.2) is 24.4 Å². The molecule has 0 bridgehead atoms. The standard InChI is InChI=1S/C12H25N3O2.ClH/c1-9(2)11(12(14)17)15-10(16)7-5-3-4-6-8-13;/h9,11H,3-8,13H2,1-2H3,(H2,14,17)(H,15,16);1H. The smallest absolute Gasteiger partial charge is 0.240 e. The molecule has 5 N–H and O–H groups in total. The third-order valence-corrected chi connectivity index (χ3v) is 2.65. The fourth-order valence-electron chi connectivity index (χ4n) is 1.60. The summed E-state index contributed by atoms with van der Waals surface area (Å²) in [6.07, 6.45) is 4.31. The van der Waals surface area contributed by atoms with Crippen molar-refractivity contribution in [1.29, 1.82) is 0 Å². The highest BCUT2D eigenvalue weighted by Crippen LogP contribution is 2.05. The largest absolute Gasteiger partial charge is 0.368 e. The van der Waals surface area contributed by atoms with Crippen LogP contribution < -0.4 is 16.8 Å². The maximum absolute atomic E-state index is 11.6. The molecule has 6 heteroatoms. The predicted octanol–water partition coefficient (Wildman–Crippen LogP) is 0.944. The van der Waals surface area contributed by atoms with E-state index in [1.54, 1.807) is 0 Å². The Kier molecular flexibility index (Phi) is 12.2. The summed E-state index contributed by atoms with van der Waals surface area (Å²) in [6.45, 7) is 4.41. The first-order valence-electron chi connectivity index (χ1n) is 6.27. The summed E-state index contributed by atoms with van der Waals surface area (Å²) in [4.78, 5) is 22.6. The van der Waals surface area contributed by atoms with Gasteiger partial charge in [0.05, 0.1) is 0 Å². The number of nitrogens with one attached hydrogen (secondary N) is 1. The molecule has 1 unspecified atom stereocenters. The van der Waals surface area contributed by atoms with Crippen molar-refractivity contribution < 1.29 is 9.59 Å². The number of halogens is 1. The summed E-state index contributed by atoms with van der Waals surface area (Å²) in [5, 5.41) is 2.67. The molecular weight excluding hydrogens is 254 g/mol. The third-order valence-electron chi connectivity index (χ3n) is 2.65. The van der Waals surface area contributed by atoms with Gasteiger partial charge in [0.15, 0.2) is 0 Å². The van der Waals surface area contributed by atoms with Gasteiger partial charge in [-0.15, -0.1) is 12.4 Å². The average Bonchev–Trinajstić information content (AvgIpc) is 2.24. The van der Waals surface area contributed by atoms with E-state index in [4.69, 9.17) is 11.5 Å². The number of carbonyl (C=O) groups excluding carboxylic acids is 2. The number of carbonyl (C=O) groups is 2. The Morgan fingerprint density at radius 1 is 1.11 bits per heavy atom. The monoisotopic (exact) mass is 279 g/mol. The molecule has 1 atom stereocenters. The Hall–Kier alpha value is -0.810. The van der Waals surface area contributed by atoms with Gasteiger partial charge in [-0.3, -0.25) is 9.59 Å². The molecule has 0 heterocycles. The van der Waals surface area contributed by atoms with E-state index in [-0.39, 0.29) is 24.2 Å². The first-order chi connectivity index (χ1) is 7.99. The second-order valence-electron chi connectivity index (χ2n) is 4.64. The minimum atomic E-state index is -0.563. The van der Waals surface area contributed by atoms with Crippen molar-refractivity contribution in [3.05, 3.63) is 0 Å². The van der Waals surface area contributed by atoms with Crippen LogP contribution in [0.25, 0.3) is 0 Å². The maximum Gasteiger partial charge on any atom is 0.240 e. The van der Waals surface area contributed by atoms with E-state index in [0.717, 1.165) is 25.7 Å². The summed E-state index contributed by atoms with van der Waals surface area (Å²) >= 11 is 0. The highest BCUT2D eigenvalue weighted by atomic mass is 35.5. The molecule has 0 aromatic rings. The molecule has 0 aromatic carbocycles. The molecule has 2 amide bonds. The molecule has 0 aliphatic heterocycles. The molecule has 0 aliphatic rings. The van der Waals surface area contributed by atoms with Crippen LogP contribution in [-0.2, 0) is 9.59 Å². The first kappa shape index (κ1) is 19.5. The first-order valence-corrected chi connectivity index (χ1v) is 6.27. The number of nitrogens with two attached hydrogens (primary N) is 2. The lowest BCUT2D eigenvalue weighted by atomic mass is 10.0. The van der Waals surface area contributed by atoms with Crippen LogP contribution in [0.2, 0.25) is 0 Å². The Morgan fingerprint density at radius 2 is 1.67 bits per heavy atom. The third kappa shape index (κ3) is 9.24. The predicted molar refractivity (Wildman–Crippen MR) is 75.4 cm³/mol. The van der Waals surface area contributed by atoms with E-state index in [2.05, 4.69) is 5.32 Å². The second-order valence-corrected chi connectivity index (χ2v) is 4.64. The van der Waals surface area contributed by atoms with Crippen LogP contribution in [0, 0.1) is 5.92 Å². The molecule has 0 radical (unpaired) electrons. The van der Waals surface area contributed by atoms with Crippen molar-refractivity contribution in [2.45, 2.75) is 52.0 Å². The Balaban J connectivity index is 0. The van der Waals surface area contributed by atoms with Crippen LogP contribution in [0.1, 0.15) is 46.0 Å². The topological polar surface area (TPSA) is 98.2 Å². The lowest BCUT2D eigenvalue weighted by molar-refractivity contribution is -0.128. The van der Waals surface area contributed by atoms with Crippen LogP contribution in [0.5, 0.6) is 0 Å². The Morgan fingerprint density at radius 3 is 2.11 bits per heavy atom. The van der Waals surface area contributed by atoms with Crippen molar-refractivity contribution in [2.75, 3.05) is 6.54 Å². The lowest BCUT2D eigenvalue weighted by Crippen LogP contribution is -2.47. The molecule has 108 valence electrons. The number of hydrogen-bond acceptors (Lipinski definition) is 3. The summed E-state index contributed by atoms with van der Waals surface area (Å²) in [5.74, 6) is -0.555. The number of amides is 2. The van der Waals surface area contributed by atoms with E-state index >= 15 is 0 Å². The second kappa shape index (κ2) is 11.3. The fourth-order valence-corrected chi connectivity index (χ4v) is 1.60. The number of hydrogen-bond donors (Lipinski definition) is 3. The zero-order chi connectivity index (χ0) is 13.3. The van der Waals surface area contributed by atoms with Crippen molar-refractivity contribution in [3.63, 3.8) is 0 Å². The normalized spacial score (nSPS) is 11.8. The minimum absolute atomic E-state index is 0. The van der Waals surface area contributed by atoms with Crippen LogP contribution >= 0.6 is 12.4 Å². The van der Waals surface area contributed by atoms with E-state index in [1.165, 1.54) is 0 Å². The summed E-state index contributed by atoms with van der Waals surface area (Å²) in [7, 11) is 0. The quantitative estimate of drug-likeness (QED) is 0.548. The van der Waals surface area contributed by atoms with Crippen LogP contribution in [0.15, 0.2) is 0 Å². The van der Waals surface area contributed by atoms with Gasteiger partial charge in [-0.25, -0.2) is 0 Å². The van der Waals surface area contributed by atoms with E-state index in [0.29, 0.717) is 13.0 Å². The molecule has 5 nitrogen and oxygen atoms in total. The van der Waals surface area contributed by atoms with Crippen molar-refractivity contribution >= 4 is 24.2 Å². The fraction of sp³-hybridized carbons (Fsp3) is 0.833. The van der Waals surface area contributed by atoms with Gasteiger partial charge < -0.3 is 16.8 Å². The minimum Gasteiger partial charge on any atom is -0.368 e. The van der Waals surface area contributed by atoms with Gasteiger partial charge in [0, 0.05) is 6.42 Å². The summed E-state index contributed by atoms with van der Waals surface area (Å²) in [5.41, 5.74) is 10.6. The van der Waals surface area contributed by atoms with Gasteiger partial charge in [-0.2, -0.15) is 0 Å². The van der Waals surface area contributed by atoms with Gasteiger partial charge in [0.2, 0.25) is 11.8 Å². The molecule has 0 rings (SSSR count). The number of unbranched alkanes of at least 4 members (excludes halogenated alkanes) is 3. The zero-order valence-electron chi connectivity index (χ0n) is 11.3. The Bertz CT molecular complexity index is 247. The van der Waals surface area contributed by atoms with E-state index < -0.39 is 11.9 Å². The SMILES string of the molecule is CC(C)C(NC(=O)CCCCCCN)C(N)=O.Cl. The molecule has 0 aromatic heterocycles. The molecular formula is C12H26ClN3O2. The molecule has 0 fully saturated rings. The van der Waals surface area contributed by atoms with E-state index in [1.807, 2.05) is 13.8 Å².